The molecule has 0 aliphatic carbocycles. The van der Waals surface area contributed by atoms with Crippen LogP contribution in [0.2, 0.25) is 0 Å². The summed E-state index contributed by atoms with van der Waals surface area (Å²) in [5.41, 5.74) is 6.65. The molecule has 0 aromatic carbocycles. The fraction of sp³-hybridized carbons (Fsp3) is 0.625. The van der Waals surface area contributed by atoms with E-state index in [1.54, 1.807) is 11.3 Å². The summed E-state index contributed by atoms with van der Waals surface area (Å²) in [6.07, 6.45) is 4.29. The average molecular weight is 325 g/mol. The maximum atomic E-state index is 13.1. The van der Waals surface area contributed by atoms with Crippen molar-refractivity contribution in [3.05, 3.63) is 21.9 Å². The molecular weight excluding hydrogens is 300 g/mol. The fourth-order valence-electron chi connectivity index (χ4n) is 3.27. The Kier molecular flexibility index (Phi) is 5.38. The van der Waals surface area contributed by atoms with Gasteiger partial charge in [0.15, 0.2) is 0 Å². The zero-order valence-electron chi connectivity index (χ0n) is 12.9. The molecule has 1 aliphatic rings. The van der Waals surface area contributed by atoms with Gasteiger partial charge in [-0.3, -0.25) is 4.79 Å². The highest BCUT2D eigenvalue weighted by molar-refractivity contribution is 7.80. The van der Waals surface area contributed by atoms with Gasteiger partial charge in [0.05, 0.1) is 10.4 Å². The Labute approximate surface area is 136 Å². The van der Waals surface area contributed by atoms with Crippen LogP contribution in [-0.2, 0) is 17.8 Å². The molecule has 21 heavy (non-hydrogen) atoms. The largest absolute Gasteiger partial charge is 0.392 e. The van der Waals surface area contributed by atoms with Gasteiger partial charge in [-0.25, -0.2) is 0 Å². The van der Waals surface area contributed by atoms with Crippen LogP contribution in [0.3, 0.4) is 0 Å². The molecule has 5 heteroatoms. The van der Waals surface area contributed by atoms with E-state index in [4.69, 9.17) is 18.0 Å². The lowest BCUT2D eigenvalue weighted by Gasteiger charge is -2.38. The highest BCUT2D eigenvalue weighted by Crippen LogP contribution is 2.35. The summed E-state index contributed by atoms with van der Waals surface area (Å²) in [4.78, 5) is 16.9. The summed E-state index contributed by atoms with van der Waals surface area (Å²) >= 11 is 7.08. The van der Waals surface area contributed by atoms with E-state index >= 15 is 0 Å². The van der Waals surface area contributed by atoms with Crippen LogP contribution in [-0.4, -0.2) is 22.3 Å². The van der Waals surface area contributed by atoms with Crippen LogP contribution in [0.1, 0.15) is 50.0 Å². The summed E-state index contributed by atoms with van der Waals surface area (Å²) in [5, 5.41) is 2.11. The molecule has 0 spiro atoms. The molecule has 116 valence electrons. The molecule has 0 fully saturated rings. The van der Waals surface area contributed by atoms with Gasteiger partial charge in [0.25, 0.3) is 0 Å². The first-order valence-corrected chi connectivity index (χ1v) is 8.98. The lowest BCUT2D eigenvalue weighted by atomic mass is 9.77. The highest BCUT2D eigenvalue weighted by Gasteiger charge is 2.43. The van der Waals surface area contributed by atoms with Gasteiger partial charge in [-0.05, 0) is 36.3 Å². The number of carbonyl (C=O) groups is 1. The number of nitrogens with zero attached hydrogens (tertiary/aromatic N) is 1. The zero-order valence-corrected chi connectivity index (χ0v) is 14.5. The molecule has 1 aliphatic heterocycles. The fourth-order valence-corrected chi connectivity index (χ4v) is 4.45. The monoisotopic (exact) mass is 324 g/mol. The predicted molar refractivity (Wildman–Crippen MR) is 92.5 cm³/mol. The van der Waals surface area contributed by atoms with E-state index in [0.717, 1.165) is 38.6 Å². The number of rotatable bonds is 6. The molecule has 1 aromatic rings. The Balaban J connectivity index is 2.24. The first kappa shape index (κ1) is 16.4. The third kappa shape index (κ3) is 3.14. The van der Waals surface area contributed by atoms with Crippen LogP contribution in [0.15, 0.2) is 11.4 Å². The van der Waals surface area contributed by atoms with Gasteiger partial charge in [0.1, 0.15) is 0 Å². The van der Waals surface area contributed by atoms with Gasteiger partial charge in [0, 0.05) is 18.0 Å². The van der Waals surface area contributed by atoms with E-state index in [9.17, 15) is 4.79 Å². The van der Waals surface area contributed by atoms with Gasteiger partial charge < -0.3 is 10.6 Å². The van der Waals surface area contributed by atoms with Crippen molar-refractivity contribution in [2.45, 2.75) is 52.5 Å². The maximum Gasteiger partial charge on any atom is 0.235 e. The van der Waals surface area contributed by atoms with E-state index < -0.39 is 5.41 Å². The van der Waals surface area contributed by atoms with Gasteiger partial charge in [-0.1, -0.05) is 38.9 Å². The van der Waals surface area contributed by atoms with Crippen molar-refractivity contribution in [1.82, 2.24) is 4.90 Å². The Bertz CT molecular complexity index is 518. The van der Waals surface area contributed by atoms with E-state index in [1.165, 1.54) is 10.4 Å². The van der Waals surface area contributed by atoms with Gasteiger partial charge in [-0.15, -0.1) is 11.3 Å². The molecule has 0 saturated carbocycles. The summed E-state index contributed by atoms with van der Waals surface area (Å²) in [5.74, 6) is 0.135. The molecule has 0 bridgehead atoms. The lowest BCUT2D eigenvalue weighted by Crippen LogP contribution is -2.51. The Hall–Kier alpha value is -0.940. The molecule has 2 N–H and O–H groups in total. The topological polar surface area (TPSA) is 46.3 Å². The molecular formula is C16H24N2OS2. The van der Waals surface area contributed by atoms with Crippen LogP contribution in [0.5, 0.6) is 0 Å². The standard InChI is InChI=1S/C16H24N2OS2/c1-3-7-16(8-4-2,14(17)20)15(19)18-9-5-13-12(11-18)6-10-21-13/h6,10H,3-5,7-9,11H2,1-2H3,(H2,17,20). The highest BCUT2D eigenvalue weighted by atomic mass is 32.1. The van der Waals surface area contributed by atoms with Crippen molar-refractivity contribution in [2.75, 3.05) is 6.54 Å². The predicted octanol–water partition coefficient (Wildman–Crippen LogP) is 3.51. The van der Waals surface area contributed by atoms with Gasteiger partial charge in [-0.2, -0.15) is 0 Å². The number of carbonyl (C=O) groups excluding carboxylic acids is 1. The quantitative estimate of drug-likeness (QED) is 0.815. The minimum Gasteiger partial charge on any atom is -0.392 e. The lowest BCUT2D eigenvalue weighted by molar-refractivity contribution is -0.140. The summed E-state index contributed by atoms with van der Waals surface area (Å²) < 4.78 is 0. The SMILES string of the molecule is CCCC(CCC)(C(=O)N1CCc2sccc2C1)C(N)=S. The smallest absolute Gasteiger partial charge is 0.235 e. The molecule has 0 atom stereocenters. The second-order valence-electron chi connectivity index (χ2n) is 5.79. The minimum atomic E-state index is -0.646. The van der Waals surface area contributed by atoms with E-state index in [0.29, 0.717) is 11.5 Å². The second kappa shape index (κ2) is 6.88. The third-order valence-electron chi connectivity index (χ3n) is 4.33. The van der Waals surface area contributed by atoms with Crippen molar-refractivity contribution in [3.63, 3.8) is 0 Å². The number of thiophene rings is 1. The normalized spacial score (nSPS) is 14.9. The van der Waals surface area contributed by atoms with Crippen LogP contribution in [0.25, 0.3) is 0 Å². The number of hydrogen-bond donors (Lipinski definition) is 1. The van der Waals surface area contributed by atoms with Crippen molar-refractivity contribution >= 4 is 34.5 Å². The number of nitrogens with two attached hydrogens (primary N) is 1. The molecule has 1 aromatic heterocycles. The minimum absolute atomic E-state index is 0.135. The first-order chi connectivity index (χ1) is 10.0. The van der Waals surface area contributed by atoms with Crippen LogP contribution in [0.4, 0.5) is 0 Å². The average Bonchev–Trinajstić information content (AvgIpc) is 2.93. The molecule has 0 radical (unpaired) electrons. The van der Waals surface area contributed by atoms with Crippen molar-refractivity contribution in [1.29, 1.82) is 0 Å². The Morgan fingerprint density at radius 1 is 1.43 bits per heavy atom. The first-order valence-electron chi connectivity index (χ1n) is 7.69. The molecule has 1 amide bonds. The van der Waals surface area contributed by atoms with Crippen molar-refractivity contribution in [2.24, 2.45) is 11.1 Å². The molecule has 2 rings (SSSR count). The van der Waals surface area contributed by atoms with Crippen molar-refractivity contribution in [3.8, 4) is 0 Å². The van der Waals surface area contributed by atoms with Crippen molar-refractivity contribution < 1.29 is 4.79 Å². The zero-order chi connectivity index (χ0) is 15.5. The Morgan fingerprint density at radius 2 is 2.10 bits per heavy atom. The summed E-state index contributed by atoms with van der Waals surface area (Å²) in [6, 6.07) is 2.13. The van der Waals surface area contributed by atoms with E-state index in [2.05, 4.69) is 25.3 Å². The maximum absolute atomic E-state index is 13.1. The number of fused-ring (bicyclic) bond motifs is 1. The van der Waals surface area contributed by atoms with Crippen LogP contribution < -0.4 is 5.73 Å². The second-order valence-corrected chi connectivity index (χ2v) is 7.23. The molecule has 0 saturated heterocycles. The number of amides is 1. The molecule has 3 nitrogen and oxygen atoms in total. The van der Waals surface area contributed by atoms with Gasteiger partial charge >= 0.3 is 0 Å². The molecule has 2 heterocycles. The van der Waals surface area contributed by atoms with E-state index in [-0.39, 0.29) is 5.91 Å². The summed E-state index contributed by atoms with van der Waals surface area (Å²) in [7, 11) is 0. The number of hydrogen-bond acceptors (Lipinski definition) is 3. The van der Waals surface area contributed by atoms with E-state index in [1.807, 2.05) is 4.90 Å². The van der Waals surface area contributed by atoms with Crippen LogP contribution >= 0.6 is 23.6 Å². The van der Waals surface area contributed by atoms with Crippen LogP contribution in [0, 0.1) is 5.41 Å². The third-order valence-corrected chi connectivity index (χ3v) is 5.74. The Morgan fingerprint density at radius 3 is 2.67 bits per heavy atom. The van der Waals surface area contributed by atoms with Gasteiger partial charge in [0.2, 0.25) is 5.91 Å². The molecule has 0 unspecified atom stereocenters. The summed E-state index contributed by atoms with van der Waals surface area (Å²) in [6.45, 7) is 5.66. The number of thiocarbonyl (C=S) groups is 1.